The summed E-state index contributed by atoms with van der Waals surface area (Å²) in [6.07, 6.45) is 4.25. The van der Waals surface area contributed by atoms with Crippen LogP contribution in [0.25, 0.3) is 0 Å². The second-order valence-corrected chi connectivity index (χ2v) is 6.25. The van der Waals surface area contributed by atoms with Gasteiger partial charge in [0, 0.05) is 5.69 Å². The van der Waals surface area contributed by atoms with Crippen molar-refractivity contribution in [3.8, 4) is 0 Å². The van der Waals surface area contributed by atoms with Gasteiger partial charge in [-0.3, -0.25) is 4.79 Å². The molecule has 0 bridgehead atoms. The Labute approximate surface area is 102 Å². The zero-order valence-electron chi connectivity index (χ0n) is 10.5. The fraction of sp³-hybridized carbons (Fsp3) is 0.533. The molecule has 1 N–H and O–H groups in total. The molecule has 0 atom stereocenters. The van der Waals surface area contributed by atoms with E-state index in [1.807, 2.05) is 18.2 Å². The van der Waals surface area contributed by atoms with E-state index in [1.54, 1.807) is 0 Å². The van der Waals surface area contributed by atoms with Crippen molar-refractivity contribution in [2.75, 3.05) is 5.32 Å². The molecular formula is C15H19NO. The van der Waals surface area contributed by atoms with Gasteiger partial charge in [0.15, 0.2) is 0 Å². The third kappa shape index (κ3) is 1.50. The van der Waals surface area contributed by atoms with Gasteiger partial charge in [-0.15, -0.1) is 0 Å². The summed E-state index contributed by atoms with van der Waals surface area (Å²) < 4.78 is 0. The van der Waals surface area contributed by atoms with E-state index < -0.39 is 0 Å². The normalized spacial score (nSPS) is 24.5. The average Bonchev–Trinajstić information content (AvgIpc) is 2.57. The molecule has 0 saturated heterocycles. The zero-order valence-corrected chi connectivity index (χ0v) is 10.5. The largest absolute Gasteiger partial charge is 0.325 e. The number of nitrogens with one attached hydrogen (secondary N) is 1. The van der Waals surface area contributed by atoms with Gasteiger partial charge in [0.25, 0.3) is 0 Å². The molecule has 0 radical (unpaired) electrons. The van der Waals surface area contributed by atoms with Crippen LogP contribution in [0.1, 0.15) is 45.1 Å². The van der Waals surface area contributed by atoms with Gasteiger partial charge in [-0.2, -0.15) is 0 Å². The zero-order chi connectivity index (χ0) is 12.1. The van der Waals surface area contributed by atoms with Crippen molar-refractivity contribution in [2.24, 2.45) is 5.41 Å². The fourth-order valence-electron chi connectivity index (χ4n) is 3.22. The van der Waals surface area contributed by atoms with Crippen LogP contribution in [0, 0.1) is 5.41 Å². The van der Waals surface area contributed by atoms with Crippen LogP contribution in [0.3, 0.4) is 0 Å². The fourth-order valence-corrected chi connectivity index (χ4v) is 3.22. The summed E-state index contributed by atoms with van der Waals surface area (Å²) in [5, 5.41) is 3.05. The first-order chi connectivity index (χ1) is 8.04. The molecule has 90 valence electrons. The number of amides is 1. The Morgan fingerprint density at radius 1 is 1.06 bits per heavy atom. The molecule has 17 heavy (non-hydrogen) atoms. The molecule has 1 amide bonds. The number of carbonyl (C=O) groups excluding carboxylic acids is 1. The van der Waals surface area contributed by atoms with Crippen LogP contribution >= 0.6 is 0 Å². The lowest BCUT2D eigenvalue weighted by molar-refractivity contribution is -0.122. The molecule has 1 spiro atoms. The van der Waals surface area contributed by atoms with E-state index in [0.29, 0.717) is 5.41 Å². The van der Waals surface area contributed by atoms with Crippen molar-refractivity contribution in [2.45, 2.75) is 44.9 Å². The second kappa shape index (κ2) is 3.34. The van der Waals surface area contributed by atoms with Crippen molar-refractivity contribution < 1.29 is 4.79 Å². The van der Waals surface area contributed by atoms with Gasteiger partial charge >= 0.3 is 0 Å². The summed E-state index contributed by atoms with van der Waals surface area (Å²) in [5.74, 6) is 0.217. The van der Waals surface area contributed by atoms with Crippen molar-refractivity contribution in [3.63, 3.8) is 0 Å². The highest BCUT2D eigenvalue weighted by atomic mass is 16.2. The van der Waals surface area contributed by atoms with Gasteiger partial charge in [-0.1, -0.05) is 32.0 Å². The number of rotatable bonds is 0. The summed E-state index contributed by atoms with van der Waals surface area (Å²) in [4.78, 5) is 12.3. The highest BCUT2D eigenvalue weighted by Gasteiger charge is 2.49. The Morgan fingerprint density at radius 3 is 2.41 bits per heavy atom. The number of fused-ring (bicyclic) bond motifs is 2. The molecule has 0 aromatic heterocycles. The first-order valence-electron chi connectivity index (χ1n) is 6.45. The van der Waals surface area contributed by atoms with Crippen molar-refractivity contribution >= 4 is 11.6 Å². The molecule has 2 heteroatoms. The first kappa shape index (κ1) is 10.8. The number of carbonyl (C=O) groups is 1. The highest BCUT2D eigenvalue weighted by molar-refractivity contribution is 6.06. The molecule has 1 fully saturated rings. The molecule has 1 aliphatic heterocycles. The smallest absolute Gasteiger partial charge is 0.235 e. The molecule has 0 unspecified atom stereocenters. The quantitative estimate of drug-likeness (QED) is 0.725. The van der Waals surface area contributed by atoms with E-state index in [1.165, 1.54) is 5.56 Å². The van der Waals surface area contributed by atoms with Crippen molar-refractivity contribution in [3.05, 3.63) is 29.8 Å². The van der Waals surface area contributed by atoms with Gasteiger partial charge < -0.3 is 5.32 Å². The van der Waals surface area contributed by atoms with Gasteiger partial charge in [0.2, 0.25) is 5.91 Å². The molecule has 3 rings (SSSR count). The Balaban J connectivity index is 2.01. The van der Waals surface area contributed by atoms with Crippen LogP contribution in [0.15, 0.2) is 24.3 Å². The molecule has 1 aromatic carbocycles. The van der Waals surface area contributed by atoms with Crippen LogP contribution in [0.4, 0.5) is 5.69 Å². The van der Waals surface area contributed by atoms with E-state index in [2.05, 4.69) is 25.2 Å². The third-order valence-electron chi connectivity index (χ3n) is 4.58. The van der Waals surface area contributed by atoms with E-state index in [-0.39, 0.29) is 11.3 Å². The Morgan fingerprint density at radius 2 is 1.71 bits per heavy atom. The molecule has 1 aliphatic carbocycles. The number of hydrogen-bond donors (Lipinski definition) is 1. The van der Waals surface area contributed by atoms with Gasteiger partial charge in [-0.05, 0) is 42.7 Å². The summed E-state index contributed by atoms with van der Waals surface area (Å²) in [6, 6.07) is 8.17. The molecule has 1 aromatic rings. The van der Waals surface area contributed by atoms with E-state index in [4.69, 9.17) is 0 Å². The molecule has 1 saturated carbocycles. The van der Waals surface area contributed by atoms with E-state index in [9.17, 15) is 4.79 Å². The minimum absolute atomic E-state index is 0.217. The SMILES string of the molecule is CC1(C)CCC2(CC1)C(=O)Nc1ccccc12. The maximum atomic E-state index is 12.3. The first-order valence-corrected chi connectivity index (χ1v) is 6.45. The summed E-state index contributed by atoms with van der Waals surface area (Å²) in [6.45, 7) is 4.61. The monoisotopic (exact) mass is 229 g/mol. The van der Waals surface area contributed by atoms with Gasteiger partial charge in [0.1, 0.15) is 0 Å². The number of para-hydroxylation sites is 1. The summed E-state index contributed by atoms with van der Waals surface area (Å²) in [5.41, 5.74) is 2.41. The van der Waals surface area contributed by atoms with E-state index in [0.717, 1.165) is 31.4 Å². The van der Waals surface area contributed by atoms with Gasteiger partial charge in [-0.25, -0.2) is 0 Å². The second-order valence-electron chi connectivity index (χ2n) is 6.25. The molecular weight excluding hydrogens is 210 g/mol. The predicted octanol–water partition coefficient (Wildman–Crippen LogP) is 3.48. The van der Waals surface area contributed by atoms with Crippen LogP contribution in [-0.2, 0) is 10.2 Å². The highest BCUT2D eigenvalue weighted by Crippen LogP contribution is 2.51. The minimum Gasteiger partial charge on any atom is -0.325 e. The number of anilines is 1. The van der Waals surface area contributed by atoms with E-state index >= 15 is 0 Å². The van der Waals surface area contributed by atoms with Crippen LogP contribution in [0.2, 0.25) is 0 Å². The molecule has 1 heterocycles. The maximum Gasteiger partial charge on any atom is 0.235 e. The molecule has 2 aliphatic rings. The average molecular weight is 229 g/mol. The van der Waals surface area contributed by atoms with Crippen LogP contribution < -0.4 is 5.32 Å². The number of benzene rings is 1. The number of hydrogen-bond acceptors (Lipinski definition) is 1. The Bertz CT molecular complexity index is 466. The summed E-state index contributed by atoms with van der Waals surface area (Å²) >= 11 is 0. The summed E-state index contributed by atoms with van der Waals surface area (Å²) in [7, 11) is 0. The van der Waals surface area contributed by atoms with Crippen molar-refractivity contribution in [1.29, 1.82) is 0 Å². The lowest BCUT2D eigenvalue weighted by Crippen LogP contribution is -2.40. The lowest BCUT2D eigenvalue weighted by Gasteiger charge is -2.40. The van der Waals surface area contributed by atoms with Crippen LogP contribution in [-0.4, -0.2) is 5.91 Å². The minimum atomic E-state index is -0.230. The predicted molar refractivity (Wildman–Crippen MR) is 69.0 cm³/mol. The maximum absolute atomic E-state index is 12.3. The standard InChI is InChI=1S/C15H19NO/c1-14(2)7-9-15(10-8-14)11-5-3-4-6-12(11)16-13(15)17/h3-6H,7-10H2,1-2H3,(H,16,17). The topological polar surface area (TPSA) is 29.1 Å². The Hall–Kier alpha value is -1.31. The van der Waals surface area contributed by atoms with Crippen molar-refractivity contribution in [1.82, 2.24) is 0 Å². The Kier molecular flexibility index (Phi) is 2.13. The molecule has 2 nitrogen and oxygen atoms in total. The van der Waals surface area contributed by atoms with Gasteiger partial charge in [0.05, 0.1) is 5.41 Å². The van der Waals surface area contributed by atoms with Crippen LogP contribution in [0.5, 0.6) is 0 Å². The lowest BCUT2D eigenvalue weighted by atomic mass is 9.63. The third-order valence-corrected chi connectivity index (χ3v) is 4.58.